The maximum Gasteiger partial charge on any atom is 0.198 e. The van der Waals surface area contributed by atoms with E-state index in [4.69, 9.17) is 4.74 Å². The third-order valence-corrected chi connectivity index (χ3v) is 6.21. The van der Waals surface area contributed by atoms with E-state index in [1.807, 2.05) is 48.5 Å². The minimum absolute atomic E-state index is 0.0271. The van der Waals surface area contributed by atoms with E-state index in [0.717, 1.165) is 35.5 Å². The van der Waals surface area contributed by atoms with Crippen LogP contribution in [0.1, 0.15) is 57.2 Å². The zero-order valence-electron chi connectivity index (χ0n) is 20.4. The molecule has 0 aliphatic heterocycles. The van der Waals surface area contributed by atoms with Crippen LogP contribution in [0, 0.1) is 0 Å². The quantitative estimate of drug-likeness (QED) is 0.141. The van der Waals surface area contributed by atoms with Crippen molar-refractivity contribution in [3.63, 3.8) is 0 Å². The van der Waals surface area contributed by atoms with E-state index in [0.29, 0.717) is 23.4 Å². The van der Waals surface area contributed by atoms with Crippen molar-refractivity contribution in [3.05, 3.63) is 113 Å². The number of benzene rings is 4. The normalized spacial score (nSPS) is 12.4. The van der Waals surface area contributed by atoms with Crippen LogP contribution in [-0.2, 0) is 0 Å². The molecular formula is C31H26N2O4. The average Bonchev–Trinajstić information content (AvgIpc) is 2.93. The maximum atomic E-state index is 13.2. The Morgan fingerprint density at radius 2 is 1.51 bits per heavy atom. The van der Waals surface area contributed by atoms with E-state index in [2.05, 4.69) is 17.2 Å². The van der Waals surface area contributed by atoms with Crippen molar-refractivity contribution in [1.82, 2.24) is 0 Å². The number of nitrogens with zero attached hydrogens (tertiary/aromatic N) is 1. The summed E-state index contributed by atoms with van der Waals surface area (Å²) >= 11 is 0. The minimum atomic E-state index is -0.363. The molecule has 0 unspecified atom stereocenters. The lowest BCUT2D eigenvalue weighted by molar-refractivity contribution is 0.0977. The number of anilines is 2. The van der Waals surface area contributed by atoms with Gasteiger partial charge in [0.2, 0.25) is 0 Å². The summed E-state index contributed by atoms with van der Waals surface area (Å²) in [6.45, 7) is 2.84. The summed E-state index contributed by atoms with van der Waals surface area (Å²) in [4.78, 5) is 30.8. The molecule has 1 aliphatic carbocycles. The van der Waals surface area contributed by atoms with Crippen LogP contribution in [0.2, 0.25) is 0 Å². The lowest BCUT2D eigenvalue weighted by atomic mass is 9.82. The Bertz CT molecular complexity index is 1490. The number of aliphatic imine (C=N–C) groups is 1. The van der Waals surface area contributed by atoms with Crippen molar-refractivity contribution in [2.45, 2.75) is 19.8 Å². The highest BCUT2D eigenvalue weighted by molar-refractivity contribution is 6.31. The molecule has 1 aliphatic rings. The fourth-order valence-electron chi connectivity index (χ4n) is 4.23. The molecule has 0 saturated heterocycles. The number of carbonyl (C=O) groups is 2. The molecule has 0 atom stereocenters. The molecule has 2 N–H and O–H groups in total. The summed E-state index contributed by atoms with van der Waals surface area (Å²) in [7, 11) is 0. The molecule has 0 amide bonds. The van der Waals surface area contributed by atoms with Crippen LogP contribution >= 0.6 is 0 Å². The van der Waals surface area contributed by atoms with Gasteiger partial charge in [0.25, 0.3) is 0 Å². The van der Waals surface area contributed by atoms with Crippen molar-refractivity contribution in [2.24, 2.45) is 4.99 Å². The summed E-state index contributed by atoms with van der Waals surface area (Å²) in [6, 6.07) is 24.9. The minimum Gasteiger partial charge on any atom is -0.507 e. The van der Waals surface area contributed by atoms with E-state index < -0.39 is 0 Å². The Morgan fingerprint density at radius 1 is 0.838 bits per heavy atom. The van der Waals surface area contributed by atoms with Crippen LogP contribution in [0.25, 0.3) is 0 Å². The number of unbranched alkanes of at least 4 members (excludes halogenated alkanes) is 1. The molecule has 184 valence electrons. The van der Waals surface area contributed by atoms with Gasteiger partial charge in [-0.25, -0.2) is 0 Å². The lowest BCUT2D eigenvalue weighted by Gasteiger charge is -2.21. The number of ether oxygens (including phenoxy) is 1. The highest BCUT2D eigenvalue weighted by Gasteiger charge is 2.33. The van der Waals surface area contributed by atoms with Gasteiger partial charge in [-0.15, -0.1) is 0 Å². The largest absolute Gasteiger partial charge is 0.507 e. The second-order valence-corrected chi connectivity index (χ2v) is 8.79. The molecule has 0 aromatic heterocycles. The molecule has 5 rings (SSSR count). The molecule has 0 radical (unpaired) electrons. The number of fused-ring (bicyclic) bond motifs is 2. The third-order valence-electron chi connectivity index (χ3n) is 6.21. The van der Waals surface area contributed by atoms with Crippen molar-refractivity contribution in [3.8, 4) is 11.5 Å². The summed E-state index contributed by atoms with van der Waals surface area (Å²) in [5.74, 6) is -0.0315. The molecule has 0 fully saturated rings. The van der Waals surface area contributed by atoms with Gasteiger partial charge in [-0.05, 0) is 60.5 Å². The van der Waals surface area contributed by atoms with Crippen LogP contribution in [0.4, 0.5) is 17.1 Å². The Kier molecular flexibility index (Phi) is 6.81. The van der Waals surface area contributed by atoms with Crippen molar-refractivity contribution in [1.29, 1.82) is 0 Å². The number of hydrogen-bond acceptors (Lipinski definition) is 6. The molecule has 0 heterocycles. The second kappa shape index (κ2) is 10.5. The number of nitrogens with one attached hydrogen (secondary N) is 1. The van der Waals surface area contributed by atoms with Gasteiger partial charge >= 0.3 is 0 Å². The monoisotopic (exact) mass is 490 g/mol. The first-order valence-electron chi connectivity index (χ1n) is 12.2. The van der Waals surface area contributed by atoms with Gasteiger partial charge in [-0.2, -0.15) is 0 Å². The first-order valence-corrected chi connectivity index (χ1v) is 12.2. The number of carbonyl (C=O) groups excluding carboxylic acids is 2. The number of phenols is 1. The standard InChI is InChI=1S/C31H26N2O4/c1-2-3-18-37-23-14-12-21(13-15-23)32-19-20-8-10-22(11-9-20)33-26-16-17-27(34)29-28(26)30(35)24-6-4-5-7-25(24)31(29)36/h4-17,19,33-34H,2-3,18H2,1H3. The maximum absolute atomic E-state index is 13.2. The number of ketones is 2. The van der Waals surface area contributed by atoms with Gasteiger partial charge in [0.15, 0.2) is 11.6 Å². The van der Waals surface area contributed by atoms with Crippen molar-refractivity contribution in [2.75, 3.05) is 11.9 Å². The van der Waals surface area contributed by atoms with Crippen molar-refractivity contribution < 1.29 is 19.4 Å². The number of phenolic OH excluding ortho intramolecular Hbond substituents is 1. The summed E-state index contributed by atoms with van der Waals surface area (Å²) in [5.41, 5.74) is 3.76. The Balaban J connectivity index is 1.32. The highest BCUT2D eigenvalue weighted by atomic mass is 16.5. The zero-order chi connectivity index (χ0) is 25.8. The summed E-state index contributed by atoms with van der Waals surface area (Å²) in [6.07, 6.45) is 3.90. The van der Waals surface area contributed by atoms with Crippen LogP contribution in [-0.4, -0.2) is 29.5 Å². The highest BCUT2D eigenvalue weighted by Crippen LogP contribution is 2.38. The Labute approximate surface area is 215 Å². The van der Waals surface area contributed by atoms with Crippen molar-refractivity contribution >= 4 is 34.8 Å². The average molecular weight is 491 g/mol. The van der Waals surface area contributed by atoms with E-state index in [1.54, 1.807) is 36.5 Å². The number of hydrogen-bond donors (Lipinski definition) is 2. The SMILES string of the molecule is CCCCOc1ccc(N=Cc2ccc(Nc3ccc(O)c4c3C(=O)c3ccccc3C4=O)cc2)cc1. The van der Waals surface area contributed by atoms with E-state index in [9.17, 15) is 14.7 Å². The van der Waals surface area contributed by atoms with Gasteiger partial charge in [-0.1, -0.05) is 49.7 Å². The first-order chi connectivity index (χ1) is 18.0. The molecule has 6 heteroatoms. The lowest BCUT2D eigenvalue weighted by Crippen LogP contribution is -2.22. The Hall–Kier alpha value is -4.71. The van der Waals surface area contributed by atoms with E-state index >= 15 is 0 Å². The predicted molar refractivity (Wildman–Crippen MR) is 145 cm³/mol. The van der Waals surface area contributed by atoms with E-state index in [-0.39, 0.29) is 28.4 Å². The van der Waals surface area contributed by atoms with Gasteiger partial charge < -0.3 is 15.2 Å². The summed E-state index contributed by atoms with van der Waals surface area (Å²) < 4.78 is 5.68. The summed E-state index contributed by atoms with van der Waals surface area (Å²) in [5, 5.41) is 13.6. The van der Waals surface area contributed by atoms with Crippen LogP contribution in [0.5, 0.6) is 11.5 Å². The second-order valence-electron chi connectivity index (χ2n) is 8.79. The number of rotatable bonds is 8. The fraction of sp³-hybridized carbons (Fsp3) is 0.129. The van der Waals surface area contributed by atoms with Gasteiger partial charge in [0.05, 0.1) is 29.1 Å². The molecule has 4 aromatic rings. The van der Waals surface area contributed by atoms with Crippen LogP contribution in [0.15, 0.2) is 89.9 Å². The van der Waals surface area contributed by atoms with E-state index in [1.165, 1.54) is 6.07 Å². The first kappa shape index (κ1) is 24.0. The zero-order valence-corrected chi connectivity index (χ0v) is 20.4. The molecule has 4 aromatic carbocycles. The molecule has 0 spiro atoms. The van der Waals surface area contributed by atoms with Gasteiger partial charge in [0, 0.05) is 23.0 Å². The van der Waals surface area contributed by atoms with Gasteiger partial charge in [0.1, 0.15) is 11.5 Å². The van der Waals surface area contributed by atoms with Gasteiger partial charge in [-0.3, -0.25) is 14.6 Å². The fourth-order valence-corrected chi connectivity index (χ4v) is 4.23. The third kappa shape index (κ3) is 5.00. The molecule has 37 heavy (non-hydrogen) atoms. The molecular weight excluding hydrogens is 464 g/mol. The predicted octanol–water partition coefficient (Wildman–Crippen LogP) is 6.84. The number of aromatic hydroxyl groups is 1. The molecule has 0 saturated carbocycles. The van der Waals surface area contributed by atoms with Crippen LogP contribution < -0.4 is 10.1 Å². The topological polar surface area (TPSA) is 88.0 Å². The molecule has 0 bridgehead atoms. The smallest absolute Gasteiger partial charge is 0.198 e. The van der Waals surface area contributed by atoms with Crippen LogP contribution in [0.3, 0.4) is 0 Å². The molecule has 6 nitrogen and oxygen atoms in total. The Morgan fingerprint density at radius 3 is 2.19 bits per heavy atom.